The molecule has 6 aromatic rings. The number of aromatic hydroxyl groups is 4. The summed E-state index contributed by atoms with van der Waals surface area (Å²) in [5.41, 5.74) is 2.93. The summed E-state index contributed by atoms with van der Waals surface area (Å²) in [5, 5.41) is 79.0. The first-order valence-corrected chi connectivity index (χ1v) is 26.8. The first-order valence-electron chi connectivity index (χ1n) is 26.8. The average Bonchev–Trinajstić information content (AvgIpc) is 3.33. The summed E-state index contributed by atoms with van der Waals surface area (Å²) in [7, 11) is 0. The molecule has 8 nitrogen and oxygen atoms in total. The minimum atomic E-state index is -1.21. The van der Waals surface area contributed by atoms with Gasteiger partial charge in [-0.2, -0.15) is 0 Å². The molecule has 68 heavy (non-hydrogen) atoms. The van der Waals surface area contributed by atoms with Crippen LogP contribution in [0.25, 0.3) is 43.1 Å². The average molecular weight is 927 g/mol. The summed E-state index contributed by atoms with van der Waals surface area (Å²) < 4.78 is 0. The van der Waals surface area contributed by atoms with E-state index in [1.165, 1.54) is 77.0 Å². The van der Waals surface area contributed by atoms with Gasteiger partial charge in [-0.1, -0.05) is 179 Å². The van der Waals surface area contributed by atoms with Crippen molar-refractivity contribution in [1.82, 2.24) is 0 Å². The molecule has 1 aliphatic carbocycles. The highest BCUT2D eigenvalue weighted by molar-refractivity contribution is 6.19. The second-order valence-corrected chi connectivity index (χ2v) is 20.0. The number of aliphatic hydroxyl groups is 2. The zero-order valence-corrected chi connectivity index (χ0v) is 41.8. The zero-order valence-electron chi connectivity index (χ0n) is 41.8. The van der Waals surface area contributed by atoms with E-state index in [0.717, 1.165) is 110 Å². The minimum Gasteiger partial charge on any atom is -0.507 e. The number of rotatable bonds is 28. The van der Waals surface area contributed by atoms with Crippen LogP contribution in [0.3, 0.4) is 0 Å². The predicted molar refractivity (Wildman–Crippen MR) is 287 cm³/mol. The molecule has 0 amide bonds. The first-order chi connectivity index (χ1) is 33.2. The second kappa shape index (κ2) is 24.6. The molecule has 0 bridgehead atoms. The summed E-state index contributed by atoms with van der Waals surface area (Å²) in [6, 6.07) is 22.2. The molecule has 6 N–H and O–H groups in total. The van der Waals surface area contributed by atoms with Crippen molar-refractivity contribution in [3.8, 4) is 23.0 Å². The fourth-order valence-electron chi connectivity index (χ4n) is 11.7. The zero-order chi connectivity index (χ0) is 48.2. The first kappa shape index (κ1) is 50.9. The number of nitrogens with zero attached hydrogens (tertiary/aromatic N) is 2. The van der Waals surface area contributed by atoms with Crippen LogP contribution in [0.15, 0.2) is 72.8 Å². The molecule has 8 heteroatoms. The SMILES string of the molecule is CCCCCCCN(CCCCCCC)c1c2cccc(O)c2c(C2C(O)C(c3c4c(O)cccc4c(N(CCCCCCC)CCCCCCC)c4cccc(O)c34)C2O)c2c(O)cccc12. The number of unbranched alkanes of at least 4 members (excludes halogenated alkanes) is 16. The van der Waals surface area contributed by atoms with Gasteiger partial charge in [-0.3, -0.25) is 0 Å². The highest BCUT2D eigenvalue weighted by Gasteiger charge is 2.53. The molecule has 1 fully saturated rings. The topological polar surface area (TPSA) is 128 Å². The van der Waals surface area contributed by atoms with Gasteiger partial charge in [0.2, 0.25) is 0 Å². The summed E-state index contributed by atoms with van der Waals surface area (Å²) in [5.74, 6) is -1.73. The molecule has 6 aromatic carbocycles. The fraction of sp³-hybridized carbons (Fsp3) is 0.533. The molecular weight excluding hydrogens is 845 g/mol. The maximum Gasteiger partial charge on any atom is 0.123 e. The van der Waals surface area contributed by atoms with Crippen LogP contribution in [0.4, 0.5) is 11.4 Å². The van der Waals surface area contributed by atoms with Gasteiger partial charge in [-0.25, -0.2) is 0 Å². The summed E-state index contributed by atoms with van der Waals surface area (Å²) >= 11 is 0. The van der Waals surface area contributed by atoms with Gasteiger partial charge < -0.3 is 40.4 Å². The Bertz CT molecular complexity index is 2230. The van der Waals surface area contributed by atoms with Crippen LogP contribution in [0.5, 0.6) is 23.0 Å². The van der Waals surface area contributed by atoms with E-state index in [9.17, 15) is 30.6 Å². The van der Waals surface area contributed by atoms with Crippen molar-refractivity contribution in [2.45, 2.75) is 180 Å². The third kappa shape index (κ3) is 10.8. The Morgan fingerprint density at radius 3 is 0.809 bits per heavy atom. The quantitative estimate of drug-likeness (QED) is 0.0212. The van der Waals surface area contributed by atoms with Gasteiger partial charge in [0.25, 0.3) is 0 Å². The van der Waals surface area contributed by atoms with Crippen molar-refractivity contribution < 1.29 is 30.6 Å². The molecule has 0 saturated heterocycles. The molecule has 0 spiro atoms. The monoisotopic (exact) mass is 927 g/mol. The molecule has 1 saturated carbocycles. The Kier molecular flexibility index (Phi) is 18.4. The Morgan fingerprint density at radius 2 is 0.574 bits per heavy atom. The Labute approximate surface area is 406 Å². The van der Waals surface area contributed by atoms with Crippen LogP contribution in [0, 0.1) is 0 Å². The molecular formula is C60H82N2O6. The van der Waals surface area contributed by atoms with E-state index in [4.69, 9.17) is 0 Å². The van der Waals surface area contributed by atoms with Crippen LogP contribution in [-0.2, 0) is 0 Å². The smallest absolute Gasteiger partial charge is 0.123 e. The third-order valence-corrected chi connectivity index (χ3v) is 15.2. The fourth-order valence-corrected chi connectivity index (χ4v) is 11.7. The van der Waals surface area contributed by atoms with Gasteiger partial charge >= 0.3 is 0 Å². The largest absolute Gasteiger partial charge is 0.507 e. The van der Waals surface area contributed by atoms with Crippen molar-refractivity contribution >= 4 is 54.5 Å². The number of benzene rings is 6. The summed E-state index contributed by atoms with van der Waals surface area (Å²) in [4.78, 5) is 4.90. The van der Waals surface area contributed by atoms with E-state index in [2.05, 4.69) is 37.5 Å². The molecule has 0 radical (unpaired) electrons. The number of hydrogen-bond acceptors (Lipinski definition) is 8. The van der Waals surface area contributed by atoms with Crippen molar-refractivity contribution in [3.05, 3.63) is 83.9 Å². The molecule has 368 valence electrons. The normalized spacial score (nSPS) is 17.1. The van der Waals surface area contributed by atoms with Crippen LogP contribution in [-0.4, -0.2) is 69.0 Å². The number of aliphatic hydroxyl groups excluding tert-OH is 2. The van der Waals surface area contributed by atoms with Crippen molar-refractivity contribution in [3.63, 3.8) is 0 Å². The van der Waals surface area contributed by atoms with E-state index in [-0.39, 0.29) is 23.0 Å². The number of phenolic OH excluding ortho intramolecular Hbond substituents is 4. The van der Waals surface area contributed by atoms with Gasteiger partial charge in [0.15, 0.2) is 0 Å². The number of phenols is 4. The van der Waals surface area contributed by atoms with Crippen LogP contribution in [0.1, 0.15) is 179 Å². The van der Waals surface area contributed by atoms with Crippen LogP contribution in [0.2, 0.25) is 0 Å². The predicted octanol–water partition coefficient (Wildman–Crippen LogP) is 15.2. The number of hydrogen-bond donors (Lipinski definition) is 6. The molecule has 0 atom stereocenters. The Morgan fingerprint density at radius 1 is 0.338 bits per heavy atom. The van der Waals surface area contributed by atoms with E-state index in [1.54, 1.807) is 24.3 Å². The lowest BCUT2D eigenvalue weighted by Gasteiger charge is -2.48. The molecule has 0 unspecified atom stereocenters. The maximum absolute atomic E-state index is 12.8. The highest BCUT2D eigenvalue weighted by Crippen LogP contribution is 2.59. The Hall–Kier alpha value is -4.92. The van der Waals surface area contributed by atoms with Gasteiger partial charge in [-0.15, -0.1) is 0 Å². The highest BCUT2D eigenvalue weighted by atomic mass is 16.3. The summed E-state index contributed by atoms with van der Waals surface area (Å²) in [6.45, 7) is 12.3. The van der Waals surface area contributed by atoms with Gasteiger partial charge in [0, 0.05) is 81.1 Å². The molecule has 0 heterocycles. The van der Waals surface area contributed by atoms with Crippen molar-refractivity contribution in [2.24, 2.45) is 0 Å². The van der Waals surface area contributed by atoms with Gasteiger partial charge in [0.1, 0.15) is 23.0 Å². The second-order valence-electron chi connectivity index (χ2n) is 20.0. The molecule has 0 aliphatic heterocycles. The van der Waals surface area contributed by atoms with E-state index >= 15 is 0 Å². The standard InChI is InChI=1S/C60H82N2O6/c1-5-9-13-17-21-37-61(38-22-18-14-10-6-2)57-41-29-25-33-45(63)49(41)53(50-42(57)30-26-34-46(50)64)55-59(67)56(60(55)68)54-51-43(31-27-35-47(51)65)58(44-32-28-36-48(66)52(44)54)62(39-23-19-15-11-7-3)40-24-20-16-12-8-4/h25-36,55-56,59-60,63-68H,5-24,37-40H2,1-4H3. The van der Waals surface area contributed by atoms with Crippen molar-refractivity contribution in [2.75, 3.05) is 36.0 Å². The lowest BCUT2D eigenvalue weighted by molar-refractivity contribution is -0.0766. The third-order valence-electron chi connectivity index (χ3n) is 15.2. The summed E-state index contributed by atoms with van der Waals surface area (Å²) in [6.07, 6.45) is 20.4. The molecule has 0 aromatic heterocycles. The number of anilines is 2. The Balaban J connectivity index is 1.37. The minimum absolute atomic E-state index is 0.0256. The lowest BCUT2D eigenvalue weighted by Crippen LogP contribution is -2.52. The number of fused-ring (bicyclic) bond motifs is 4. The van der Waals surface area contributed by atoms with Gasteiger partial charge in [-0.05, 0) is 61.1 Å². The van der Waals surface area contributed by atoms with E-state index in [0.29, 0.717) is 32.7 Å². The molecule has 1 aliphatic rings. The van der Waals surface area contributed by atoms with Gasteiger partial charge in [0.05, 0.1) is 23.6 Å². The van der Waals surface area contributed by atoms with Crippen LogP contribution >= 0.6 is 0 Å². The van der Waals surface area contributed by atoms with E-state index in [1.807, 2.05) is 48.5 Å². The maximum atomic E-state index is 12.8. The van der Waals surface area contributed by atoms with E-state index < -0.39 is 24.0 Å². The van der Waals surface area contributed by atoms with Crippen LogP contribution < -0.4 is 9.80 Å². The van der Waals surface area contributed by atoms with Crippen molar-refractivity contribution in [1.29, 1.82) is 0 Å². The lowest BCUT2D eigenvalue weighted by atomic mass is 9.60. The molecule has 7 rings (SSSR count).